The normalized spacial score (nSPS) is 9.27. The van der Waals surface area contributed by atoms with E-state index in [0.717, 1.165) is 12.8 Å². The molecule has 0 aromatic carbocycles. The van der Waals surface area contributed by atoms with E-state index >= 15 is 0 Å². The van der Waals surface area contributed by atoms with Crippen molar-refractivity contribution in [2.75, 3.05) is 0 Å². The van der Waals surface area contributed by atoms with Crippen LogP contribution in [0.1, 0.15) is 39.5 Å². The first kappa shape index (κ1) is 10.1. The quantitative estimate of drug-likeness (QED) is 0.386. The molecule has 0 amide bonds. The minimum atomic E-state index is -0.314. The van der Waals surface area contributed by atoms with Gasteiger partial charge < -0.3 is 4.74 Å². The van der Waals surface area contributed by atoms with Crippen molar-refractivity contribution in [2.45, 2.75) is 39.5 Å². The van der Waals surface area contributed by atoms with Crippen LogP contribution in [-0.4, -0.2) is 11.9 Å². The SMILES string of the molecule is CCCCC(=N)OC(=O)CC. The molecule has 0 aliphatic carbocycles. The maximum absolute atomic E-state index is 10.6. The Labute approximate surface area is 67.3 Å². The fourth-order valence-electron chi connectivity index (χ4n) is 0.598. The predicted octanol–water partition coefficient (Wildman–Crippen LogP) is 2.11. The van der Waals surface area contributed by atoms with Crippen molar-refractivity contribution in [2.24, 2.45) is 0 Å². The molecule has 0 unspecified atom stereocenters. The third kappa shape index (κ3) is 5.58. The maximum Gasteiger partial charge on any atom is 0.311 e. The van der Waals surface area contributed by atoms with Crippen LogP contribution in [0.5, 0.6) is 0 Å². The third-order valence-electron chi connectivity index (χ3n) is 1.28. The van der Waals surface area contributed by atoms with Crippen LogP contribution in [0.15, 0.2) is 0 Å². The molecular formula is C8H15NO2. The van der Waals surface area contributed by atoms with Crippen LogP contribution in [0, 0.1) is 5.41 Å². The zero-order chi connectivity index (χ0) is 8.69. The third-order valence-corrected chi connectivity index (χ3v) is 1.28. The number of hydrogen-bond donors (Lipinski definition) is 1. The van der Waals surface area contributed by atoms with Gasteiger partial charge in [0.1, 0.15) is 0 Å². The lowest BCUT2D eigenvalue weighted by molar-refractivity contribution is -0.135. The fraction of sp³-hybridized carbons (Fsp3) is 0.750. The highest BCUT2D eigenvalue weighted by Gasteiger charge is 2.02. The largest absolute Gasteiger partial charge is 0.412 e. The van der Waals surface area contributed by atoms with Crippen LogP contribution in [0.4, 0.5) is 0 Å². The van der Waals surface area contributed by atoms with E-state index in [9.17, 15) is 4.79 Å². The number of unbranched alkanes of at least 4 members (excludes halogenated alkanes) is 1. The topological polar surface area (TPSA) is 50.1 Å². The maximum atomic E-state index is 10.6. The van der Waals surface area contributed by atoms with Crippen molar-refractivity contribution in [3.8, 4) is 0 Å². The molecule has 0 aromatic heterocycles. The van der Waals surface area contributed by atoms with Crippen molar-refractivity contribution >= 4 is 11.9 Å². The zero-order valence-corrected chi connectivity index (χ0v) is 7.14. The van der Waals surface area contributed by atoms with Gasteiger partial charge in [0, 0.05) is 12.8 Å². The van der Waals surface area contributed by atoms with Gasteiger partial charge in [-0.05, 0) is 6.42 Å². The lowest BCUT2D eigenvalue weighted by atomic mass is 10.2. The average Bonchev–Trinajstić information content (AvgIpc) is 2.00. The molecule has 64 valence electrons. The lowest BCUT2D eigenvalue weighted by Gasteiger charge is -2.01. The molecule has 0 saturated heterocycles. The van der Waals surface area contributed by atoms with E-state index in [0.29, 0.717) is 12.8 Å². The summed E-state index contributed by atoms with van der Waals surface area (Å²) in [5, 5.41) is 7.18. The fourth-order valence-corrected chi connectivity index (χ4v) is 0.598. The Morgan fingerprint density at radius 3 is 2.55 bits per heavy atom. The number of esters is 1. The van der Waals surface area contributed by atoms with Gasteiger partial charge in [0.2, 0.25) is 0 Å². The van der Waals surface area contributed by atoms with Gasteiger partial charge in [-0.25, -0.2) is 0 Å². The Kier molecular flexibility index (Phi) is 5.43. The highest BCUT2D eigenvalue weighted by atomic mass is 16.5. The van der Waals surface area contributed by atoms with Crippen LogP contribution >= 0.6 is 0 Å². The van der Waals surface area contributed by atoms with Crippen LogP contribution in [-0.2, 0) is 9.53 Å². The van der Waals surface area contributed by atoms with E-state index in [2.05, 4.69) is 4.74 Å². The van der Waals surface area contributed by atoms with E-state index in [1.807, 2.05) is 6.92 Å². The Morgan fingerprint density at radius 1 is 1.45 bits per heavy atom. The Bertz CT molecular complexity index is 143. The summed E-state index contributed by atoms with van der Waals surface area (Å²) in [5.74, 6) is -0.218. The second-order valence-electron chi connectivity index (χ2n) is 2.35. The van der Waals surface area contributed by atoms with Gasteiger partial charge in [0.05, 0.1) is 0 Å². The van der Waals surface area contributed by atoms with Crippen molar-refractivity contribution in [3.05, 3.63) is 0 Å². The van der Waals surface area contributed by atoms with Gasteiger partial charge >= 0.3 is 5.97 Å². The number of carbonyl (C=O) groups excluding carboxylic acids is 1. The molecule has 0 aromatic rings. The van der Waals surface area contributed by atoms with Crippen molar-refractivity contribution in [3.63, 3.8) is 0 Å². The second-order valence-corrected chi connectivity index (χ2v) is 2.35. The molecule has 0 bridgehead atoms. The number of carbonyl (C=O) groups is 1. The van der Waals surface area contributed by atoms with Gasteiger partial charge in [0.15, 0.2) is 5.90 Å². The highest BCUT2D eigenvalue weighted by Crippen LogP contribution is 1.97. The van der Waals surface area contributed by atoms with E-state index in [1.54, 1.807) is 6.92 Å². The molecule has 0 saturated carbocycles. The molecular weight excluding hydrogens is 142 g/mol. The molecule has 0 heterocycles. The van der Waals surface area contributed by atoms with E-state index in [1.165, 1.54) is 0 Å². The molecule has 3 heteroatoms. The van der Waals surface area contributed by atoms with Crippen LogP contribution < -0.4 is 0 Å². The smallest absolute Gasteiger partial charge is 0.311 e. The molecule has 0 aliphatic heterocycles. The van der Waals surface area contributed by atoms with Gasteiger partial charge in [-0.3, -0.25) is 10.2 Å². The van der Waals surface area contributed by atoms with Crippen molar-refractivity contribution in [1.82, 2.24) is 0 Å². The summed E-state index contributed by atoms with van der Waals surface area (Å²) in [4.78, 5) is 10.6. The van der Waals surface area contributed by atoms with E-state index in [4.69, 9.17) is 5.41 Å². The average molecular weight is 157 g/mol. The minimum Gasteiger partial charge on any atom is -0.412 e. The standard InChI is InChI=1S/C8H15NO2/c1-3-5-6-7(9)11-8(10)4-2/h9H,3-6H2,1-2H3. The summed E-state index contributed by atoms with van der Waals surface area (Å²) in [6.45, 7) is 3.75. The van der Waals surface area contributed by atoms with Gasteiger partial charge in [-0.1, -0.05) is 20.3 Å². The summed E-state index contributed by atoms with van der Waals surface area (Å²) in [7, 11) is 0. The van der Waals surface area contributed by atoms with Crippen LogP contribution in [0.3, 0.4) is 0 Å². The van der Waals surface area contributed by atoms with Crippen molar-refractivity contribution in [1.29, 1.82) is 5.41 Å². The Hall–Kier alpha value is -0.860. The highest BCUT2D eigenvalue weighted by molar-refractivity contribution is 5.86. The van der Waals surface area contributed by atoms with E-state index in [-0.39, 0.29) is 11.9 Å². The summed E-state index contributed by atoms with van der Waals surface area (Å²) in [6.07, 6.45) is 2.85. The first-order chi connectivity index (χ1) is 5.20. The summed E-state index contributed by atoms with van der Waals surface area (Å²) in [5.41, 5.74) is 0. The predicted molar refractivity (Wildman–Crippen MR) is 43.6 cm³/mol. The number of nitrogens with one attached hydrogen (secondary N) is 1. The number of hydrogen-bond acceptors (Lipinski definition) is 3. The summed E-state index contributed by atoms with van der Waals surface area (Å²) >= 11 is 0. The van der Waals surface area contributed by atoms with Gasteiger partial charge in [-0.2, -0.15) is 0 Å². The molecule has 0 radical (unpaired) electrons. The molecule has 1 N–H and O–H groups in total. The molecule has 0 rings (SSSR count). The summed E-state index contributed by atoms with van der Waals surface area (Å²) in [6, 6.07) is 0. The van der Waals surface area contributed by atoms with E-state index < -0.39 is 0 Å². The Balaban J connectivity index is 3.44. The lowest BCUT2D eigenvalue weighted by Crippen LogP contribution is -2.09. The molecule has 0 fully saturated rings. The van der Waals surface area contributed by atoms with Gasteiger partial charge in [-0.15, -0.1) is 0 Å². The molecule has 11 heavy (non-hydrogen) atoms. The first-order valence-corrected chi connectivity index (χ1v) is 3.98. The Morgan fingerprint density at radius 2 is 2.09 bits per heavy atom. The zero-order valence-electron chi connectivity index (χ0n) is 7.14. The van der Waals surface area contributed by atoms with Gasteiger partial charge in [0.25, 0.3) is 0 Å². The molecule has 0 aliphatic rings. The molecule has 0 spiro atoms. The molecule has 0 atom stereocenters. The van der Waals surface area contributed by atoms with Crippen LogP contribution in [0.2, 0.25) is 0 Å². The number of ether oxygens (including phenoxy) is 1. The van der Waals surface area contributed by atoms with Crippen LogP contribution in [0.25, 0.3) is 0 Å². The monoisotopic (exact) mass is 157 g/mol. The van der Waals surface area contributed by atoms with Crippen molar-refractivity contribution < 1.29 is 9.53 Å². The molecule has 3 nitrogen and oxygen atoms in total. The minimum absolute atomic E-state index is 0.0960. The second kappa shape index (κ2) is 5.89. The summed E-state index contributed by atoms with van der Waals surface area (Å²) < 4.78 is 4.65. The number of rotatable bonds is 4. The first-order valence-electron chi connectivity index (χ1n) is 3.98.